The van der Waals surface area contributed by atoms with Gasteiger partial charge in [-0.1, -0.05) is 24.3 Å². The number of rotatable bonds is 6. The molecule has 5 nitrogen and oxygen atoms in total. The van der Waals surface area contributed by atoms with Crippen LogP contribution in [0.5, 0.6) is 0 Å². The lowest BCUT2D eigenvalue weighted by atomic mass is 10.2. The highest BCUT2D eigenvalue weighted by Crippen LogP contribution is 2.16. The first kappa shape index (κ1) is 18.1. The van der Waals surface area contributed by atoms with Gasteiger partial charge < -0.3 is 4.90 Å². The molecule has 0 fully saturated rings. The van der Waals surface area contributed by atoms with Crippen molar-refractivity contribution < 1.29 is 17.6 Å². The summed E-state index contributed by atoms with van der Waals surface area (Å²) in [5, 5.41) is 0. The second-order valence-corrected chi connectivity index (χ2v) is 7.05. The molecule has 2 aromatic rings. The number of nitrogens with zero attached hydrogens (tertiary/aromatic N) is 1. The molecule has 0 radical (unpaired) electrons. The molecular formula is C17H19FN2O3S. The smallest absolute Gasteiger partial charge is 0.240 e. The number of carbonyl (C=O) groups excluding carboxylic acids is 1. The maximum atomic E-state index is 13.3. The largest absolute Gasteiger partial charge is 0.311 e. The molecule has 0 saturated heterocycles. The Bertz CT molecular complexity index is 837. The van der Waals surface area contributed by atoms with Gasteiger partial charge in [0.05, 0.1) is 4.90 Å². The van der Waals surface area contributed by atoms with Crippen molar-refractivity contribution >= 4 is 21.6 Å². The summed E-state index contributed by atoms with van der Waals surface area (Å²) in [6.45, 7) is 3.18. The summed E-state index contributed by atoms with van der Waals surface area (Å²) in [6.07, 6.45) is 0. The van der Waals surface area contributed by atoms with Gasteiger partial charge in [0, 0.05) is 25.7 Å². The maximum absolute atomic E-state index is 13.3. The Morgan fingerprint density at radius 1 is 1.17 bits per heavy atom. The highest BCUT2D eigenvalue weighted by molar-refractivity contribution is 7.89. The summed E-state index contributed by atoms with van der Waals surface area (Å²) in [4.78, 5) is 13.3. The van der Waals surface area contributed by atoms with Gasteiger partial charge in [-0.05, 0) is 36.8 Å². The maximum Gasteiger partial charge on any atom is 0.240 e. The number of carbonyl (C=O) groups is 1. The minimum absolute atomic E-state index is 0.0206. The van der Waals surface area contributed by atoms with Crippen LogP contribution in [0.25, 0.3) is 0 Å². The molecule has 0 aliphatic rings. The van der Waals surface area contributed by atoms with E-state index in [2.05, 4.69) is 4.72 Å². The predicted octanol–water partition coefficient (Wildman–Crippen LogP) is 2.47. The van der Waals surface area contributed by atoms with Crippen molar-refractivity contribution in [2.75, 3.05) is 18.0 Å². The first-order chi connectivity index (χ1) is 11.3. The minimum Gasteiger partial charge on any atom is -0.311 e. The molecule has 0 atom stereocenters. The van der Waals surface area contributed by atoms with E-state index in [0.717, 1.165) is 0 Å². The second kappa shape index (κ2) is 7.55. The van der Waals surface area contributed by atoms with E-state index in [-0.39, 0.29) is 23.9 Å². The van der Waals surface area contributed by atoms with Crippen molar-refractivity contribution in [3.8, 4) is 0 Å². The third-order valence-electron chi connectivity index (χ3n) is 3.51. The summed E-state index contributed by atoms with van der Waals surface area (Å²) in [6, 6.07) is 12.3. The first-order valence-electron chi connectivity index (χ1n) is 7.40. The lowest BCUT2D eigenvalue weighted by molar-refractivity contribution is -0.116. The number of anilines is 1. The summed E-state index contributed by atoms with van der Waals surface area (Å²) >= 11 is 0. The zero-order chi connectivity index (χ0) is 17.7. The summed E-state index contributed by atoms with van der Waals surface area (Å²) in [7, 11) is -3.66. The number of hydrogen-bond acceptors (Lipinski definition) is 3. The molecule has 0 aliphatic carbocycles. The van der Waals surface area contributed by atoms with Crippen LogP contribution >= 0.6 is 0 Å². The van der Waals surface area contributed by atoms with E-state index >= 15 is 0 Å². The van der Waals surface area contributed by atoms with E-state index < -0.39 is 15.8 Å². The average Bonchev–Trinajstić information content (AvgIpc) is 2.51. The number of hydrogen-bond donors (Lipinski definition) is 1. The van der Waals surface area contributed by atoms with Gasteiger partial charge in [-0.3, -0.25) is 4.79 Å². The molecule has 0 spiro atoms. The Kier molecular flexibility index (Phi) is 5.69. The number of benzene rings is 2. The Balaban J connectivity index is 2.08. The molecule has 2 rings (SSSR count). The van der Waals surface area contributed by atoms with E-state index in [1.54, 1.807) is 31.2 Å². The van der Waals surface area contributed by atoms with Gasteiger partial charge in [0.2, 0.25) is 15.9 Å². The molecule has 0 unspecified atom stereocenters. The fourth-order valence-corrected chi connectivity index (χ4v) is 3.61. The highest BCUT2D eigenvalue weighted by atomic mass is 32.2. The van der Waals surface area contributed by atoms with E-state index in [4.69, 9.17) is 0 Å². The highest BCUT2D eigenvalue weighted by Gasteiger charge is 2.17. The molecule has 0 saturated carbocycles. The van der Waals surface area contributed by atoms with E-state index in [1.807, 2.05) is 0 Å². The lowest BCUT2D eigenvalue weighted by Crippen LogP contribution is -2.37. The SMILES string of the molecule is CC(=O)N(CCNS(=O)(=O)c1ccccc1C)c1cccc(F)c1. The van der Waals surface area contributed by atoms with E-state index in [9.17, 15) is 17.6 Å². The molecule has 0 heterocycles. The fourth-order valence-electron chi connectivity index (χ4n) is 2.34. The van der Waals surface area contributed by atoms with Gasteiger partial charge in [0.1, 0.15) is 5.82 Å². The molecule has 24 heavy (non-hydrogen) atoms. The van der Waals surface area contributed by atoms with Crippen LogP contribution in [0.3, 0.4) is 0 Å². The number of halogens is 1. The number of sulfonamides is 1. The van der Waals surface area contributed by atoms with Crippen LogP contribution in [0.4, 0.5) is 10.1 Å². The molecular weight excluding hydrogens is 331 g/mol. The normalized spacial score (nSPS) is 11.3. The van der Waals surface area contributed by atoms with Gasteiger partial charge in [-0.2, -0.15) is 0 Å². The number of aryl methyl sites for hydroxylation is 1. The summed E-state index contributed by atoms with van der Waals surface area (Å²) < 4.78 is 40.4. The van der Waals surface area contributed by atoms with Crippen LogP contribution in [0.1, 0.15) is 12.5 Å². The minimum atomic E-state index is -3.66. The third kappa shape index (κ3) is 4.39. The molecule has 7 heteroatoms. The monoisotopic (exact) mass is 350 g/mol. The van der Waals surface area contributed by atoms with Crippen LogP contribution in [0, 0.1) is 12.7 Å². The molecule has 128 valence electrons. The summed E-state index contributed by atoms with van der Waals surface area (Å²) in [5.41, 5.74) is 1.02. The van der Waals surface area contributed by atoms with Crippen molar-refractivity contribution in [2.45, 2.75) is 18.7 Å². The van der Waals surface area contributed by atoms with Crippen LogP contribution in [0.2, 0.25) is 0 Å². The van der Waals surface area contributed by atoms with Crippen molar-refractivity contribution in [1.82, 2.24) is 4.72 Å². The van der Waals surface area contributed by atoms with Crippen molar-refractivity contribution in [3.63, 3.8) is 0 Å². The molecule has 2 aromatic carbocycles. The quantitative estimate of drug-likeness (QED) is 0.870. The Hall–Kier alpha value is -2.25. The van der Waals surface area contributed by atoms with Crippen LogP contribution in [-0.2, 0) is 14.8 Å². The van der Waals surface area contributed by atoms with Crippen LogP contribution in [0.15, 0.2) is 53.4 Å². The Labute approximate surface area is 141 Å². The standard InChI is InChI=1S/C17H19FN2O3S/c1-13-6-3-4-9-17(13)24(22,23)19-10-11-20(14(2)21)16-8-5-7-15(18)12-16/h3-9,12,19H,10-11H2,1-2H3. The van der Waals surface area contributed by atoms with Crippen molar-refractivity contribution in [1.29, 1.82) is 0 Å². The molecule has 0 aliphatic heterocycles. The topological polar surface area (TPSA) is 66.5 Å². The van der Waals surface area contributed by atoms with Gasteiger partial charge in [0.25, 0.3) is 0 Å². The molecule has 1 amide bonds. The molecule has 1 N–H and O–H groups in total. The number of nitrogens with one attached hydrogen (secondary N) is 1. The van der Waals surface area contributed by atoms with Crippen molar-refractivity contribution in [2.24, 2.45) is 0 Å². The molecule has 0 aromatic heterocycles. The van der Waals surface area contributed by atoms with Gasteiger partial charge >= 0.3 is 0 Å². The Morgan fingerprint density at radius 3 is 2.50 bits per heavy atom. The van der Waals surface area contributed by atoms with Gasteiger partial charge in [0.15, 0.2) is 0 Å². The van der Waals surface area contributed by atoms with Gasteiger partial charge in [-0.25, -0.2) is 17.5 Å². The molecule has 0 bridgehead atoms. The van der Waals surface area contributed by atoms with Crippen LogP contribution < -0.4 is 9.62 Å². The fraction of sp³-hybridized carbons (Fsp3) is 0.235. The zero-order valence-corrected chi connectivity index (χ0v) is 14.3. The summed E-state index contributed by atoms with van der Waals surface area (Å²) in [5.74, 6) is -0.755. The zero-order valence-electron chi connectivity index (χ0n) is 13.5. The lowest BCUT2D eigenvalue weighted by Gasteiger charge is -2.21. The van der Waals surface area contributed by atoms with E-state index in [0.29, 0.717) is 11.3 Å². The Morgan fingerprint density at radius 2 is 1.88 bits per heavy atom. The predicted molar refractivity (Wildman–Crippen MR) is 90.8 cm³/mol. The number of amides is 1. The van der Waals surface area contributed by atoms with Crippen LogP contribution in [-0.4, -0.2) is 27.4 Å². The van der Waals surface area contributed by atoms with Crippen molar-refractivity contribution in [3.05, 3.63) is 59.9 Å². The first-order valence-corrected chi connectivity index (χ1v) is 8.88. The van der Waals surface area contributed by atoms with E-state index in [1.165, 1.54) is 36.1 Å². The third-order valence-corrected chi connectivity index (χ3v) is 5.13. The second-order valence-electron chi connectivity index (χ2n) is 5.31. The average molecular weight is 350 g/mol. The van der Waals surface area contributed by atoms with Gasteiger partial charge in [-0.15, -0.1) is 0 Å².